The van der Waals surface area contributed by atoms with Crippen LogP contribution in [0.5, 0.6) is 0 Å². The van der Waals surface area contributed by atoms with Crippen molar-refractivity contribution in [2.24, 2.45) is 0 Å². The molecule has 0 saturated carbocycles. The normalized spacial score (nSPS) is 10.5. The summed E-state index contributed by atoms with van der Waals surface area (Å²) in [7, 11) is 1.53. The van der Waals surface area contributed by atoms with Crippen LogP contribution in [0.1, 0.15) is 5.56 Å². The van der Waals surface area contributed by atoms with Crippen molar-refractivity contribution in [2.45, 2.75) is 6.54 Å². The molecule has 0 atom stereocenters. The quantitative estimate of drug-likeness (QED) is 0.620. The highest BCUT2D eigenvalue weighted by Gasteiger charge is 2.12. The molecule has 1 N–H and O–H groups in total. The van der Waals surface area contributed by atoms with Gasteiger partial charge in [-0.2, -0.15) is 0 Å². The van der Waals surface area contributed by atoms with E-state index >= 15 is 0 Å². The average molecular weight is 242 g/mol. The van der Waals surface area contributed by atoms with Crippen LogP contribution in [0.15, 0.2) is 18.2 Å². The van der Waals surface area contributed by atoms with Crippen LogP contribution in [0.4, 0.5) is 10.1 Å². The molecule has 0 bridgehead atoms. The van der Waals surface area contributed by atoms with Gasteiger partial charge in [-0.1, -0.05) is 0 Å². The minimum atomic E-state index is -1.02. The molecule has 0 unspecified atom stereocenters. The van der Waals surface area contributed by atoms with Gasteiger partial charge in [0.05, 0.1) is 17.5 Å². The maximum Gasteiger partial charge on any atom is 0.317 e. The summed E-state index contributed by atoms with van der Waals surface area (Å²) >= 11 is 0. The van der Waals surface area contributed by atoms with Crippen molar-refractivity contribution < 1.29 is 19.2 Å². The molecule has 7 heteroatoms. The number of hydrogen-bond donors (Lipinski definition) is 1. The summed E-state index contributed by atoms with van der Waals surface area (Å²) in [6, 6.07) is 3.19. The molecule has 0 amide bonds. The summed E-state index contributed by atoms with van der Waals surface area (Å²) < 4.78 is 13.1. The van der Waals surface area contributed by atoms with Crippen molar-refractivity contribution in [1.29, 1.82) is 0 Å². The van der Waals surface area contributed by atoms with Gasteiger partial charge in [0, 0.05) is 12.6 Å². The summed E-state index contributed by atoms with van der Waals surface area (Å²) in [4.78, 5) is 21.6. The summed E-state index contributed by atoms with van der Waals surface area (Å²) in [6.07, 6.45) is 0. The standard InChI is InChI=1S/C10H11FN2O4/c1-12(6-10(14)15)5-7-2-8(11)4-9(3-7)13(16)17/h2-4H,5-6H2,1H3,(H,14,15). The van der Waals surface area contributed by atoms with Crippen molar-refractivity contribution in [3.8, 4) is 0 Å². The Kier molecular flexibility index (Phi) is 4.11. The molecular formula is C10H11FN2O4. The molecule has 0 aliphatic rings. The van der Waals surface area contributed by atoms with Gasteiger partial charge in [-0.3, -0.25) is 19.8 Å². The molecule has 0 aliphatic heterocycles. The van der Waals surface area contributed by atoms with Gasteiger partial charge in [-0.05, 0) is 18.7 Å². The first-order chi connectivity index (χ1) is 7.88. The number of benzene rings is 1. The Balaban J connectivity index is 2.84. The molecule has 0 spiro atoms. The first-order valence-electron chi connectivity index (χ1n) is 4.72. The third-order valence-electron chi connectivity index (χ3n) is 2.01. The lowest BCUT2D eigenvalue weighted by molar-refractivity contribution is -0.385. The Morgan fingerprint density at radius 1 is 1.53 bits per heavy atom. The van der Waals surface area contributed by atoms with E-state index in [0.29, 0.717) is 5.56 Å². The van der Waals surface area contributed by atoms with Crippen molar-refractivity contribution >= 4 is 11.7 Å². The first-order valence-corrected chi connectivity index (χ1v) is 4.72. The van der Waals surface area contributed by atoms with Crippen LogP contribution >= 0.6 is 0 Å². The highest BCUT2D eigenvalue weighted by atomic mass is 19.1. The average Bonchev–Trinajstić information content (AvgIpc) is 2.14. The molecule has 0 radical (unpaired) electrons. The number of aliphatic carboxylic acids is 1. The fraction of sp³-hybridized carbons (Fsp3) is 0.300. The molecule has 0 aliphatic carbocycles. The van der Waals surface area contributed by atoms with Crippen LogP contribution in [-0.4, -0.2) is 34.5 Å². The van der Waals surface area contributed by atoms with Crippen molar-refractivity contribution in [3.05, 3.63) is 39.7 Å². The number of nitrogens with zero attached hydrogens (tertiary/aromatic N) is 2. The van der Waals surface area contributed by atoms with Gasteiger partial charge < -0.3 is 5.11 Å². The molecule has 0 saturated heterocycles. The van der Waals surface area contributed by atoms with E-state index in [1.807, 2.05) is 0 Å². The van der Waals surface area contributed by atoms with E-state index in [2.05, 4.69) is 0 Å². The van der Waals surface area contributed by atoms with Gasteiger partial charge in [0.25, 0.3) is 5.69 Å². The smallest absolute Gasteiger partial charge is 0.317 e. The summed E-state index contributed by atoms with van der Waals surface area (Å²) in [5.74, 6) is -1.73. The van der Waals surface area contributed by atoms with Crippen molar-refractivity contribution in [3.63, 3.8) is 0 Å². The monoisotopic (exact) mass is 242 g/mol. The van der Waals surface area contributed by atoms with Crippen LogP contribution in [0.3, 0.4) is 0 Å². The maximum absolute atomic E-state index is 13.1. The van der Waals surface area contributed by atoms with Gasteiger partial charge >= 0.3 is 5.97 Å². The third kappa shape index (κ3) is 4.15. The third-order valence-corrected chi connectivity index (χ3v) is 2.01. The predicted octanol–water partition coefficient (Wildman–Crippen LogP) is 1.25. The maximum atomic E-state index is 13.1. The molecule has 1 rings (SSSR count). The van der Waals surface area contributed by atoms with E-state index in [-0.39, 0.29) is 18.8 Å². The molecule has 0 heterocycles. The molecule has 0 fully saturated rings. The molecule has 17 heavy (non-hydrogen) atoms. The van der Waals surface area contributed by atoms with Crippen LogP contribution < -0.4 is 0 Å². The number of nitro benzene ring substituents is 1. The molecule has 1 aromatic carbocycles. The second-order valence-corrected chi connectivity index (χ2v) is 3.64. The van der Waals surface area contributed by atoms with Crippen LogP contribution in [0.25, 0.3) is 0 Å². The topological polar surface area (TPSA) is 83.7 Å². The first kappa shape index (κ1) is 13.0. The van der Waals surface area contributed by atoms with E-state index < -0.39 is 16.7 Å². The van der Waals surface area contributed by atoms with Gasteiger partial charge in [0.1, 0.15) is 5.82 Å². The number of halogens is 1. The Hall–Kier alpha value is -2.02. The summed E-state index contributed by atoms with van der Waals surface area (Å²) in [5, 5.41) is 19.0. The lowest BCUT2D eigenvalue weighted by atomic mass is 10.2. The van der Waals surface area contributed by atoms with E-state index in [4.69, 9.17) is 5.11 Å². The Morgan fingerprint density at radius 2 is 2.18 bits per heavy atom. The number of rotatable bonds is 5. The van der Waals surface area contributed by atoms with Gasteiger partial charge in [-0.15, -0.1) is 0 Å². The highest BCUT2D eigenvalue weighted by molar-refractivity contribution is 5.69. The van der Waals surface area contributed by atoms with E-state index in [0.717, 1.165) is 12.1 Å². The number of carboxylic acids is 1. The number of hydrogen-bond acceptors (Lipinski definition) is 4. The SMILES string of the molecule is CN(CC(=O)O)Cc1cc(F)cc([N+](=O)[O-])c1. The van der Waals surface area contributed by atoms with Gasteiger partial charge in [0.15, 0.2) is 0 Å². The highest BCUT2D eigenvalue weighted by Crippen LogP contribution is 2.17. The second-order valence-electron chi connectivity index (χ2n) is 3.64. The van der Waals surface area contributed by atoms with E-state index in [9.17, 15) is 19.3 Å². The van der Waals surface area contributed by atoms with Gasteiger partial charge in [0.2, 0.25) is 0 Å². The molecule has 0 aromatic heterocycles. The zero-order valence-electron chi connectivity index (χ0n) is 9.09. The molecule has 1 aromatic rings. The second kappa shape index (κ2) is 5.35. The van der Waals surface area contributed by atoms with Crippen LogP contribution in [-0.2, 0) is 11.3 Å². The number of non-ortho nitro benzene ring substituents is 1. The zero-order valence-corrected chi connectivity index (χ0v) is 9.09. The van der Waals surface area contributed by atoms with Crippen molar-refractivity contribution in [2.75, 3.05) is 13.6 Å². The number of carbonyl (C=O) groups is 1. The molecular weight excluding hydrogens is 231 g/mol. The van der Waals surface area contributed by atoms with E-state index in [1.54, 1.807) is 0 Å². The molecule has 6 nitrogen and oxygen atoms in total. The number of carboxylic acid groups (broad SMARTS) is 1. The van der Waals surface area contributed by atoms with Crippen molar-refractivity contribution in [1.82, 2.24) is 4.90 Å². The minimum Gasteiger partial charge on any atom is -0.480 e. The Morgan fingerprint density at radius 3 is 2.71 bits per heavy atom. The molecule has 92 valence electrons. The predicted molar refractivity (Wildman–Crippen MR) is 57.0 cm³/mol. The Bertz CT molecular complexity index is 450. The summed E-state index contributed by atoms with van der Waals surface area (Å²) in [5.41, 5.74) is 0.0178. The van der Waals surface area contributed by atoms with Crippen LogP contribution in [0, 0.1) is 15.9 Å². The Labute approximate surface area is 96.4 Å². The largest absolute Gasteiger partial charge is 0.480 e. The fourth-order valence-corrected chi connectivity index (χ4v) is 1.43. The zero-order chi connectivity index (χ0) is 13.0. The number of nitro groups is 1. The lowest BCUT2D eigenvalue weighted by Crippen LogP contribution is -2.25. The van der Waals surface area contributed by atoms with E-state index in [1.165, 1.54) is 18.0 Å². The lowest BCUT2D eigenvalue weighted by Gasteiger charge is -2.13. The van der Waals surface area contributed by atoms with Gasteiger partial charge in [-0.25, -0.2) is 4.39 Å². The minimum absolute atomic E-state index is 0.130. The van der Waals surface area contributed by atoms with Crippen LogP contribution in [0.2, 0.25) is 0 Å². The summed E-state index contributed by atoms with van der Waals surface area (Å²) in [6.45, 7) is -0.0881. The fourth-order valence-electron chi connectivity index (χ4n) is 1.43. The number of likely N-dealkylation sites (N-methyl/N-ethyl adjacent to an activating group) is 1.